The Morgan fingerprint density at radius 2 is 1.90 bits per heavy atom. The second-order valence-corrected chi connectivity index (χ2v) is 8.98. The molecule has 1 aromatic heterocycles. The number of H-pyrrole nitrogens is 1. The van der Waals surface area contributed by atoms with E-state index in [0.29, 0.717) is 5.75 Å². The summed E-state index contributed by atoms with van der Waals surface area (Å²) in [5, 5.41) is 3.30. The van der Waals surface area contributed by atoms with Crippen molar-refractivity contribution in [1.82, 2.24) is 5.10 Å². The summed E-state index contributed by atoms with van der Waals surface area (Å²) in [4.78, 5) is 0. The summed E-state index contributed by atoms with van der Waals surface area (Å²) in [5.74, 6) is 0.689. The number of nitrogens with zero attached hydrogens (tertiary/aromatic N) is 1. The van der Waals surface area contributed by atoms with Crippen LogP contribution in [0, 0.1) is 0 Å². The van der Waals surface area contributed by atoms with Crippen LogP contribution in [0.4, 0.5) is 0 Å². The average molecular weight is 415 g/mol. The van der Waals surface area contributed by atoms with Crippen LogP contribution < -0.4 is 14.9 Å². The van der Waals surface area contributed by atoms with Gasteiger partial charge in [-0.15, -0.1) is 0 Å². The van der Waals surface area contributed by atoms with Gasteiger partial charge in [-0.25, -0.2) is 0 Å². The van der Waals surface area contributed by atoms with Crippen LogP contribution in [0.3, 0.4) is 0 Å². The van der Waals surface area contributed by atoms with Crippen LogP contribution in [-0.2, 0) is 18.8 Å². The van der Waals surface area contributed by atoms with E-state index in [4.69, 9.17) is 23.5 Å². The van der Waals surface area contributed by atoms with E-state index >= 15 is 0 Å². The van der Waals surface area contributed by atoms with Crippen LogP contribution in [-0.4, -0.2) is 43.9 Å². The maximum Gasteiger partial charge on any atom is 0.498 e. The molecule has 2 fully saturated rings. The molecule has 0 saturated carbocycles. The van der Waals surface area contributed by atoms with Crippen molar-refractivity contribution in [3.8, 4) is 16.9 Å². The van der Waals surface area contributed by atoms with Crippen LogP contribution in [0.1, 0.15) is 53.2 Å². The standard InChI is InChI=1S/C22H31BN2O5/c1-21(2)22(3,4)30-23(29-21)18-10-9-16(12-19(18)28-15-26-5)17-13-24-25(14-17)20-8-6-7-11-27-20/h9-10,12-14,20H,6-8,11,15H2,1-5H3/p+1. The Kier molecular flexibility index (Phi) is 5.94. The molecule has 7 nitrogen and oxygen atoms in total. The lowest BCUT2D eigenvalue weighted by atomic mass is 9.77. The van der Waals surface area contributed by atoms with Gasteiger partial charge in [0.1, 0.15) is 5.75 Å². The second kappa shape index (κ2) is 8.34. The number of aromatic nitrogens is 2. The lowest BCUT2D eigenvalue weighted by molar-refractivity contribution is -0.810. The number of nitrogens with one attached hydrogen (secondary N) is 1. The predicted octanol–water partition coefficient (Wildman–Crippen LogP) is 2.95. The lowest BCUT2D eigenvalue weighted by Crippen LogP contribution is -2.43. The molecule has 4 rings (SSSR count). The van der Waals surface area contributed by atoms with Crippen molar-refractivity contribution < 1.29 is 28.2 Å². The molecule has 30 heavy (non-hydrogen) atoms. The molecule has 1 atom stereocenters. The van der Waals surface area contributed by atoms with Crippen molar-refractivity contribution in [3.05, 3.63) is 30.6 Å². The van der Waals surface area contributed by atoms with Gasteiger partial charge in [0.2, 0.25) is 6.20 Å². The molecule has 2 aliphatic rings. The molecule has 1 unspecified atom stereocenters. The Labute approximate surface area is 178 Å². The summed E-state index contributed by atoms with van der Waals surface area (Å²) >= 11 is 0. The van der Waals surface area contributed by atoms with Gasteiger partial charge < -0.3 is 23.5 Å². The molecule has 2 saturated heterocycles. The highest BCUT2D eigenvalue weighted by atomic mass is 16.7. The van der Waals surface area contributed by atoms with Gasteiger partial charge in [0, 0.05) is 19.0 Å². The first-order valence-corrected chi connectivity index (χ1v) is 10.6. The maximum absolute atomic E-state index is 6.23. The van der Waals surface area contributed by atoms with Crippen molar-refractivity contribution in [3.63, 3.8) is 0 Å². The highest BCUT2D eigenvalue weighted by molar-refractivity contribution is 6.63. The lowest BCUT2D eigenvalue weighted by Gasteiger charge is -2.32. The normalized spacial score (nSPS) is 23.0. The van der Waals surface area contributed by atoms with Crippen LogP contribution in [0.2, 0.25) is 0 Å². The molecule has 8 heteroatoms. The molecule has 3 heterocycles. The summed E-state index contributed by atoms with van der Waals surface area (Å²) in [6, 6.07) is 6.08. The van der Waals surface area contributed by atoms with Gasteiger partial charge in [-0.2, -0.15) is 5.10 Å². The fraction of sp³-hybridized carbons (Fsp3) is 0.591. The third kappa shape index (κ3) is 4.14. The zero-order valence-corrected chi connectivity index (χ0v) is 18.6. The molecule has 0 bridgehead atoms. The number of hydrogen-bond donors (Lipinski definition) is 1. The molecule has 0 aliphatic carbocycles. The molecule has 1 aromatic carbocycles. The maximum atomic E-state index is 6.23. The Hall–Kier alpha value is -1.87. The average Bonchev–Trinajstić information content (AvgIpc) is 3.29. The highest BCUT2D eigenvalue weighted by Crippen LogP contribution is 2.37. The van der Waals surface area contributed by atoms with E-state index < -0.39 is 18.3 Å². The monoisotopic (exact) mass is 415 g/mol. The van der Waals surface area contributed by atoms with Crippen LogP contribution in [0.15, 0.2) is 30.6 Å². The van der Waals surface area contributed by atoms with Crippen LogP contribution >= 0.6 is 0 Å². The molecule has 0 amide bonds. The number of benzene rings is 1. The van der Waals surface area contributed by atoms with E-state index in [-0.39, 0.29) is 13.0 Å². The van der Waals surface area contributed by atoms with Gasteiger partial charge in [0.05, 0.1) is 29.6 Å². The minimum Gasteiger partial charge on any atom is -0.468 e. The zero-order chi connectivity index (χ0) is 21.4. The van der Waals surface area contributed by atoms with E-state index in [0.717, 1.165) is 36.0 Å². The fourth-order valence-corrected chi connectivity index (χ4v) is 3.76. The highest BCUT2D eigenvalue weighted by Gasteiger charge is 2.52. The molecule has 2 aliphatic heterocycles. The van der Waals surface area contributed by atoms with E-state index in [9.17, 15) is 0 Å². The zero-order valence-electron chi connectivity index (χ0n) is 18.6. The molecular weight excluding hydrogens is 383 g/mol. The van der Waals surface area contributed by atoms with Crippen LogP contribution in [0.5, 0.6) is 5.75 Å². The third-order valence-corrected chi connectivity index (χ3v) is 6.30. The molecule has 0 spiro atoms. The number of hydrogen-bond acceptors (Lipinski definition) is 5. The van der Waals surface area contributed by atoms with Gasteiger partial charge >= 0.3 is 7.12 Å². The third-order valence-electron chi connectivity index (χ3n) is 6.30. The quantitative estimate of drug-likeness (QED) is 0.447. The Bertz CT molecular complexity index is 860. The first kappa shape index (κ1) is 21.4. The molecule has 0 radical (unpaired) electrons. The van der Waals surface area contributed by atoms with E-state index in [1.165, 1.54) is 6.42 Å². The number of ether oxygens (including phenoxy) is 3. The predicted molar refractivity (Wildman–Crippen MR) is 113 cm³/mol. The van der Waals surface area contributed by atoms with Crippen LogP contribution in [0.25, 0.3) is 11.1 Å². The van der Waals surface area contributed by atoms with Crippen molar-refractivity contribution in [2.75, 3.05) is 20.5 Å². The van der Waals surface area contributed by atoms with Gasteiger partial charge in [-0.1, -0.05) is 16.8 Å². The van der Waals surface area contributed by atoms with E-state index in [2.05, 4.69) is 17.4 Å². The Morgan fingerprint density at radius 3 is 2.57 bits per heavy atom. The Balaban J connectivity index is 1.61. The van der Waals surface area contributed by atoms with Crippen molar-refractivity contribution in [1.29, 1.82) is 0 Å². The van der Waals surface area contributed by atoms with Gasteiger partial charge in [0.15, 0.2) is 6.79 Å². The molecular formula is C22H32BN2O5+. The van der Waals surface area contributed by atoms with E-state index in [1.54, 1.807) is 7.11 Å². The summed E-state index contributed by atoms with van der Waals surface area (Å²) in [5.41, 5.74) is 2.12. The van der Waals surface area contributed by atoms with Crippen molar-refractivity contribution in [2.45, 2.75) is 64.4 Å². The smallest absolute Gasteiger partial charge is 0.468 e. The number of rotatable bonds is 6. The SMILES string of the molecule is COCOc1cc(-c2c[nH][n+](C3CCCCO3)c2)ccc1B1OC(C)(C)C(C)(C)O1. The Morgan fingerprint density at radius 1 is 1.13 bits per heavy atom. The summed E-state index contributed by atoms with van der Waals surface area (Å²) in [7, 11) is 1.11. The summed E-state index contributed by atoms with van der Waals surface area (Å²) in [6.45, 7) is 9.14. The molecule has 2 aromatic rings. The number of methoxy groups -OCH3 is 1. The van der Waals surface area contributed by atoms with Gasteiger partial charge in [-0.05, 0) is 52.2 Å². The van der Waals surface area contributed by atoms with Crippen molar-refractivity contribution >= 4 is 12.6 Å². The molecule has 162 valence electrons. The fourth-order valence-electron chi connectivity index (χ4n) is 3.76. The minimum atomic E-state index is -0.497. The minimum absolute atomic E-state index is 0.0701. The first-order valence-electron chi connectivity index (χ1n) is 10.6. The largest absolute Gasteiger partial charge is 0.498 e. The number of aromatic amines is 1. The second-order valence-electron chi connectivity index (χ2n) is 8.98. The van der Waals surface area contributed by atoms with Gasteiger partial charge in [-0.3, -0.25) is 0 Å². The first-order chi connectivity index (χ1) is 14.3. The van der Waals surface area contributed by atoms with E-state index in [1.807, 2.05) is 50.7 Å². The van der Waals surface area contributed by atoms with Gasteiger partial charge in [0.25, 0.3) is 6.23 Å². The topological polar surface area (TPSA) is 65.8 Å². The molecule has 1 N–H and O–H groups in total. The van der Waals surface area contributed by atoms with Crippen molar-refractivity contribution in [2.24, 2.45) is 0 Å². The summed E-state index contributed by atoms with van der Waals surface area (Å²) in [6.07, 6.45) is 7.48. The summed E-state index contributed by atoms with van der Waals surface area (Å²) < 4.78 is 31.4.